The van der Waals surface area contributed by atoms with E-state index in [2.05, 4.69) is 5.32 Å². The van der Waals surface area contributed by atoms with E-state index in [0.717, 1.165) is 24.1 Å². The van der Waals surface area contributed by atoms with Gasteiger partial charge in [0.1, 0.15) is 0 Å². The van der Waals surface area contributed by atoms with E-state index in [-0.39, 0.29) is 18.9 Å². The summed E-state index contributed by atoms with van der Waals surface area (Å²) in [6.45, 7) is 4.03. The van der Waals surface area contributed by atoms with Crippen LogP contribution in [0, 0.1) is 5.92 Å². The molecule has 33 heavy (non-hydrogen) atoms. The van der Waals surface area contributed by atoms with Crippen LogP contribution in [0.3, 0.4) is 0 Å². The van der Waals surface area contributed by atoms with Gasteiger partial charge in [0.05, 0.1) is 18.1 Å². The summed E-state index contributed by atoms with van der Waals surface area (Å²) in [6.07, 6.45) is 1.56. The van der Waals surface area contributed by atoms with Crippen molar-refractivity contribution in [3.63, 3.8) is 0 Å². The maximum absolute atomic E-state index is 12.5. The van der Waals surface area contributed by atoms with E-state index in [0.29, 0.717) is 17.9 Å². The predicted octanol–water partition coefficient (Wildman–Crippen LogP) is 3.35. The second-order valence-electron chi connectivity index (χ2n) is 7.76. The van der Waals surface area contributed by atoms with Crippen LogP contribution in [0.4, 0.5) is 11.4 Å². The fraction of sp³-hybridized carbons (Fsp3) is 0.360. The maximum atomic E-state index is 12.5. The summed E-state index contributed by atoms with van der Waals surface area (Å²) in [5.74, 6) is -2.28. The molecule has 1 N–H and O–H groups in total. The molecule has 3 rings (SSSR count). The zero-order chi connectivity index (χ0) is 23.8. The average Bonchev–Trinajstić information content (AvgIpc) is 3.22. The largest absolute Gasteiger partial charge is 0.462 e. The third-order valence-electron chi connectivity index (χ3n) is 5.31. The molecule has 0 spiro atoms. The van der Waals surface area contributed by atoms with Crippen molar-refractivity contribution in [2.45, 2.75) is 33.1 Å². The van der Waals surface area contributed by atoms with Gasteiger partial charge in [-0.25, -0.2) is 4.79 Å². The van der Waals surface area contributed by atoms with Crippen LogP contribution < -0.4 is 10.2 Å². The van der Waals surface area contributed by atoms with Crippen LogP contribution >= 0.6 is 0 Å². The van der Waals surface area contributed by atoms with Gasteiger partial charge in [-0.3, -0.25) is 14.4 Å². The first-order chi connectivity index (χ1) is 15.9. The average molecular weight is 453 g/mol. The van der Waals surface area contributed by atoms with Gasteiger partial charge >= 0.3 is 11.9 Å². The summed E-state index contributed by atoms with van der Waals surface area (Å²) < 4.78 is 10.2. The van der Waals surface area contributed by atoms with Crippen LogP contribution in [0.15, 0.2) is 48.5 Å². The van der Waals surface area contributed by atoms with Crippen LogP contribution in [-0.4, -0.2) is 43.5 Å². The Kier molecular flexibility index (Phi) is 8.18. The minimum absolute atomic E-state index is 0.0497. The van der Waals surface area contributed by atoms with E-state index in [1.54, 1.807) is 29.2 Å². The Morgan fingerprint density at radius 3 is 2.45 bits per heavy atom. The van der Waals surface area contributed by atoms with Gasteiger partial charge in [0.25, 0.3) is 5.91 Å². The molecule has 0 bridgehead atoms. The molecule has 1 atom stereocenters. The van der Waals surface area contributed by atoms with Gasteiger partial charge in [0.15, 0.2) is 6.61 Å². The lowest BCUT2D eigenvalue weighted by atomic mass is 10.1. The number of amides is 2. The van der Waals surface area contributed by atoms with Crippen molar-refractivity contribution in [3.05, 3.63) is 59.7 Å². The summed E-state index contributed by atoms with van der Waals surface area (Å²) in [7, 11) is 0. The van der Waals surface area contributed by atoms with E-state index in [9.17, 15) is 19.2 Å². The van der Waals surface area contributed by atoms with E-state index in [4.69, 9.17) is 9.47 Å². The lowest BCUT2D eigenvalue weighted by molar-refractivity contribution is -0.151. The minimum Gasteiger partial charge on any atom is -0.462 e. The molecule has 0 radical (unpaired) electrons. The second kappa shape index (κ2) is 11.3. The number of hydrogen-bond donors (Lipinski definition) is 1. The Morgan fingerprint density at radius 1 is 1.03 bits per heavy atom. The number of rotatable bonds is 9. The van der Waals surface area contributed by atoms with Crippen molar-refractivity contribution in [1.82, 2.24) is 0 Å². The molecule has 0 aliphatic carbocycles. The highest BCUT2D eigenvalue weighted by Crippen LogP contribution is 2.29. The van der Waals surface area contributed by atoms with Crippen LogP contribution in [0.1, 0.15) is 42.6 Å². The number of carbonyl (C=O) groups excluding carboxylic acids is 4. The molecule has 1 heterocycles. The van der Waals surface area contributed by atoms with Crippen molar-refractivity contribution in [2.75, 3.05) is 30.0 Å². The van der Waals surface area contributed by atoms with Gasteiger partial charge < -0.3 is 19.7 Å². The van der Waals surface area contributed by atoms with E-state index < -0.39 is 30.4 Å². The number of ether oxygens (including phenoxy) is 2. The second-order valence-corrected chi connectivity index (χ2v) is 7.76. The van der Waals surface area contributed by atoms with Gasteiger partial charge in [-0.15, -0.1) is 0 Å². The summed E-state index contributed by atoms with van der Waals surface area (Å²) in [4.78, 5) is 50.5. The fourth-order valence-corrected chi connectivity index (χ4v) is 3.59. The first-order valence-electron chi connectivity index (χ1n) is 11.0. The molecule has 0 unspecified atom stereocenters. The number of nitrogens with zero attached hydrogens (tertiary/aromatic N) is 1. The monoisotopic (exact) mass is 452 g/mol. The smallest absolute Gasteiger partial charge is 0.338 e. The number of esters is 2. The van der Waals surface area contributed by atoms with E-state index in [1.807, 2.05) is 38.1 Å². The van der Waals surface area contributed by atoms with Crippen molar-refractivity contribution < 1.29 is 28.7 Å². The molecular weight excluding hydrogens is 424 g/mol. The Morgan fingerprint density at radius 2 is 1.76 bits per heavy atom. The molecule has 2 aromatic rings. The predicted molar refractivity (Wildman–Crippen MR) is 123 cm³/mol. The molecule has 1 fully saturated rings. The molecule has 2 aromatic carbocycles. The van der Waals surface area contributed by atoms with Crippen molar-refractivity contribution in [1.29, 1.82) is 0 Å². The number of para-hydroxylation sites is 1. The molecule has 1 aliphatic rings. The van der Waals surface area contributed by atoms with Gasteiger partial charge in [-0.05, 0) is 48.7 Å². The number of nitrogens with one attached hydrogen (secondary N) is 1. The number of benzene rings is 2. The summed E-state index contributed by atoms with van der Waals surface area (Å²) in [5, 5.41) is 2.61. The molecule has 1 saturated heterocycles. The topological polar surface area (TPSA) is 102 Å². The van der Waals surface area contributed by atoms with Crippen molar-refractivity contribution in [3.8, 4) is 0 Å². The Balaban J connectivity index is 1.49. The third-order valence-corrected chi connectivity index (χ3v) is 5.31. The van der Waals surface area contributed by atoms with Crippen molar-refractivity contribution >= 4 is 35.1 Å². The Hall–Kier alpha value is -3.68. The zero-order valence-corrected chi connectivity index (χ0v) is 18.8. The van der Waals surface area contributed by atoms with Gasteiger partial charge in [-0.2, -0.15) is 0 Å². The number of hydrogen-bond acceptors (Lipinski definition) is 6. The molecule has 8 nitrogen and oxygen atoms in total. The lowest BCUT2D eigenvalue weighted by Gasteiger charge is -2.19. The highest BCUT2D eigenvalue weighted by atomic mass is 16.5. The SMILES string of the molecule is CCCOC(=O)c1ccc(NC(=O)COC(=O)[C@@H]2CC(=O)N(c3ccccc3CC)C2)cc1. The highest BCUT2D eigenvalue weighted by Gasteiger charge is 2.37. The maximum Gasteiger partial charge on any atom is 0.338 e. The first kappa shape index (κ1) is 24.0. The van der Waals surface area contributed by atoms with Gasteiger partial charge in [-0.1, -0.05) is 32.0 Å². The van der Waals surface area contributed by atoms with Gasteiger partial charge in [0, 0.05) is 24.3 Å². The van der Waals surface area contributed by atoms with E-state index in [1.165, 1.54) is 0 Å². The highest BCUT2D eigenvalue weighted by molar-refractivity contribution is 6.00. The first-order valence-corrected chi connectivity index (χ1v) is 11.0. The molecule has 8 heteroatoms. The van der Waals surface area contributed by atoms with Crippen LogP contribution in [-0.2, 0) is 30.3 Å². The number of carbonyl (C=O) groups is 4. The van der Waals surface area contributed by atoms with Crippen LogP contribution in [0.5, 0.6) is 0 Å². The van der Waals surface area contributed by atoms with Crippen LogP contribution in [0.2, 0.25) is 0 Å². The summed E-state index contributed by atoms with van der Waals surface area (Å²) in [5.41, 5.74) is 2.68. The van der Waals surface area contributed by atoms with Gasteiger partial charge in [0.2, 0.25) is 5.91 Å². The summed E-state index contributed by atoms with van der Waals surface area (Å²) >= 11 is 0. The van der Waals surface area contributed by atoms with Crippen molar-refractivity contribution in [2.24, 2.45) is 5.92 Å². The standard InChI is InChI=1S/C25H28N2O6/c1-3-13-32-24(30)18-9-11-20(12-10-18)26-22(28)16-33-25(31)19-14-23(29)27(15-19)21-8-6-5-7-17(21)4-2/h5-12,19H,3-4,13-16H2,1-2H3,(H,26,28)/t19-/m1/s1. The third kappa shape index (κ3) is 6.19. The zero-order valence-electron chi connectivity index (χ0n) is 18.8. The Bertz CT molecular complexity index is 1020. The summed E-state index contributed by atoms with van der Waals surface area (Å²) in [6, 6.07) is 13.8. The molecule has 1 aliphatic heterocycles. The molecule has 174 valence electrons. The molecule has 0 aromatic heterocycles. The fourth-order valence-electron chi connectivity index (χ4n) is 3.59. The number of anilines is 2. The van der Waals surface area contributed by atoms with E-state index >= 15 is 0 Å². The van der Waals surface area contributed by atoms with Crippen LogP contribution in [0.25, 0.3) is 0 Å². The minimum atomic E-state index is -0.622. The normalized spacial score (nSPS) is 15.3. The quantitative estimate of drug-likeness (QED) is 0.586. The lowest BCUT2D eigenvalue weighted by Crippen LogP contribution is -2.28. The molecular formula is C25H28N2O6. The molecule has 2 amide bonds. The number of aryl methyl sites for hydroxylation is 1. The Labute approximate surface area is 192 Å². The molecule has 0 saturated carbocycles.